The minimum Gasteiger partial charge on any atom is -0.491 e. The molecule has 0 saturated carbocycles. The van der Waals surface area contributed by atoms with Crippen LogP contribution in [0.3, 0.4) is 0 Å². The van der Waals surface area contributed by atoms with E-state index in [-0.39, 0.29) is 11.7 Å². The standard InChI is InChI=1S/C28H35NO5Si/c1-35(2,3)17-12-26-25-9-6-21(28(30)31)18-22(25)19-27(29-26)20-4-7-23(8-5-20)33-15-16-34-24-10-13-32-14-11-24/h4-9,18-19,24H,10-17H2,1-3H3,(H,30,31). The van der Waals surface area contributed by atoms with E-state index in [2.05, 4.69) is 19.6 Å². The topological polar surface area (TPSA) is 77.9 Å². The van der Waals surface area contributed by atoms with E-state index in [9.17, 15) is 9.90 Å². The van der Waals surface area contributed by atoms with E-state index in [0.717, 1.165) is 72.0 Å². The Hall–Kier alpha value is -2.74. The molecular formula is C28H35NO5Si. The van der Waals surface area contributed by atoms with Crippen LogP contribution in [0.4, 0.5) is 0 Å². The molecule has 1 saturated heterocycles. The number of benzene rings is 2. The molecule has 0 unspecified atom stereocenters. The van der Waals surface area contributed by atoms with Gasteiger partial charge in [0.2, 0.25) is 0 Å². The van der Waals surface area contributed by atoms with Gasteiger partial charge in [0.05, 0.1) is 24.0 Å². The molecule has 186 valence electrons. The van der Waals surface area contributed by atoms with Crippen LogP contribution >= 0.6 is 0 Å². The number of aromatic carboxylic acids is 1. The Labute approximate surface area is 208 Å². The molecule has 2 aromatic carbocycles. The van der Waals surface area contributed by atoms with Gasteiger partial charge in [0.25, 0.3) is 0 Å². The van der Waals surface area contributed by atoms with Crippen molar-refractivity contribution in [3.05, 3.63) is 59.8 Å². The zero-order valence-electron chi connectivity index (χ0n) is 20.9. The van der Waals surface area contributed by atoms with Crippen molar-refractivity contribution in [2.24, 2.45) is 0 Å². The predicted molar refractivity (Wildman–Crippen MR) is 141 cm³/mol. The number of carboxylic acid groups (broad SMARTS) is 1. The van der Waals surface area contributed by atoms with Crippen LogP contribution in [0.25, 0.3) is 22.0 Å². The summed E-state index contributed by atoms with van der Waals surface area (Å²) in [6.07, 6.45) is 3.05. The second-order valence-corrected chi connectivity index (χ2v) is 15.9. The van der Waals surface area contributed by atoms with E-state index >= 15 is 0 Å². The number of nitrogens with zero attached hydrogens (tertiary/aromatic N) is 1. The van der Waals surface area contributed by atoms with Gasteiger partial charge in [0.1, 0.15) is 12.4 Å². The average Bonchev–Trinajstić information content (AvgIpc) is 2.85. The fourth-order valence-corrected chi connectivity index (χ4v) is 5.22. The molecule has 0 atom stereocenters. The molecule has 0 radical (unpaired) electrons. The molecule has 1 aromatic heterocycles. The maximum atomic E-state index is 11.5. The summed E-state index contributed by atoms with van der Waals surface area (Å²) < 4.78 is 17.1. The molecule has 6 nitrogen and oxygen atoms in total. The second-order valence-electron chi connectivity index (χ2n) is 10.3. The van der Waals surface area contributed by atoms with Gasteiger partial charge in [0.15, 0.2) is 0 Å². The van der Waals surface area contributed by atoms with Gasteiger partial charge in [0, 0.05) is 37.9 Å². The molecule has 1 N–H and O–H groups in total. The molecule has 0 aliphatic carbocycles. The molecule has 1 aliphatic rings. The van der Waals surface area contributed by atoms with Crippen molar-refractivity contribution in [1.29, 1.82) is 0 Å². The summed E-state index contributed by atoms with van der Waals surface area (Å²) in [4.78, 5) is 16.5. The maximum Gasteiger partial charge on any atom is 0.335 e. The lowest BCUT2D eigenvalue weighted by molar-refractivity contribution is -0.0388. The average molecular weight is 494 g/mol. The van der Waals surface area contributed by atoms with Gasteiger partial charge in [-0.15, -0.1) is 0 Å². The van der Waals surface area contributed by atoms with Gasteiger partial charge in [-0.3, -0.25) is 4.98 Å². The molecule has 0 bridgehead atoms. The number of hydrogen-bond acceptors (Lipinski definition) is 5. The van der Waals surface area contributed by atoms with Crippen molar-refractivity contribution in [2.45, 2.75) is 51.1 Å². The van der Waals surface area contributed by atoms with Crippen molar-refractivity contribution in [3.63, 3.8) is 0 Å². The van der Waals surface area contributed by atoms with E-state index < -0.39 is 14.0 Å². The first-order valence-corrected chi connectivity index (χ1v) is 16.1. The third-order valence-electron chi connectivity index (χ3n) is 6.29. The highest BCUT2D eigenvalue weighted by atomic mass is 28.3. The number of hydrogen-bond donors (Lipinski definition) is 1. The molecule has 2 heterocycles. The normalized spacial score (nSPS) is 14.8. The molecule has 1 fully saturated rings. The number of carboxylic acids is 1. The van der Waals surface area contributed by atoms with E-state index in [4.69, 9.17) is 19.2 Å². The van der Waals surface area contributed by atoms with Crippen LogP contribution in [0.15, 0.2) is 48.5 Å². The lowest BCUT2D eigenvalue weighted by atomic mass is 10.0. The molecule has 3 aromatic rings. The Balaban J connectivity index is 1.49. The predicted octanol–water partition coefficient (Wildman–Crippen LogP) is 6.06. The quantitative estimate of drug-likeness (QED) is 0.273. The number of pyridine rings is 1. The van der Waals surface area contributed by atoms with Crippen molar-refractivity contribution in [1.82, 2.24) is 4.98 Å². The second kappa shape index (κ2) is 11.3. The monoisotopic (exact) mass is 493 g/mol. The van der Waals surface area contributed by atoms with Crippen molar-refractivity contribution < 1.29 is 24.1 Å². The minimum absolute atomic E-state index is 0.269. The number of aryl methyl sites for hydroxylation is 1. The summed E-state index contributed by atoms with van der Waals surface area (Å²) in [6, 6.07) is 16.3. The van der Waals surface area contributed by atoms with Gasteiger partial charge in [-0.25, -0.2) is 4.79 Å². The number of fused-ring (bicyclic) bond motifs is 1. The van der Waals surface area contributed by atoms with Crippen LogP contribution in [-0.4, -0.2) is 56.7 Å². The smallest absolute Gasteiger partial charge is 0.335 e. The summed E-state index contributed by atoms with van der Waals surface area (Å²) in [5.41, 5.74) is 3.15. The van der Waals surface area contributed by atoms with Crippen LogP contribution in [0.2, 0.25) is 25.7 Å². The number of ether oxygens (including phenoxy) is 3. The lowest BCUT2D eigenvalue weighted by Gasteiger charge is -2.22. The molecule has 35 heavy (non-hydrogen) atoms. The summed E-state index contributed by atoms with van der Waals surface area (Å²) in [5.74, 6) is -0.131. The van der Waals surface area contributed by atoms with Crippen molar-refractivity contribution in [2.75, 3.05) is 26.4 Å². The van der Waals surface area contributed by atoms with Gasteiger partial charge >= 0.3 is 5.97 Å². The van der Waals surface area contributed by atoms with E-state index in [1.54, 1.807) is 12.1 Å². The summed E-state index contributed by atoms with van der Waals surface area (Å²) in [6.45, 7) is 9.67. The Morgan fingerprint density at radius 3 is 2.49 bits per heavy atom. The van der Waals surface area contributed by atoms with Crippen LogP contribution in [0.5, 0.6) is 5.75 Å². The summed E-state index contributed by atoms with van der Waals surface area (Å²) in [5, 5.41) is 11.4. The van der Waals surface area contributed by atoms with Gasteiger partial charge in [-0.05, 0) is 67.1 Å². The fraction of sp³-hybridized carbons (Fsp3) is 0.429. The SMILES string of the molecule is C[Si](C)(C)CCc1nc(-c2ccc(OCCOC3CCOCC3)cc2)cc2cc(C(=O)O)ccc12. The highest BCUT2D eigenvalue weighted by molar-refractivity contribution is 6.76. The van der Waals surface area contributed by atoms with E-state index in [1.807, 2.05) is 36.4 Å². The molecule has 0 amide bonds. The number of aromatic nitrogens is 1. The van der Waals surface area contributed by atoms with Crippen LogP contribution in [0, 0.1) is 0 Å². The number of carbonyl (C=O) groups is 1. The first-order valence-electron chi connectivity index (χ1n) is 12.4. The largest absolute Gasteiger partial charge is 0.491 e. The zero-order valence-corrected chi connectivity index (χ0v) is 21.9. The Kier molecular flexibility index (Phi) is 8.21. The molecule has 0 spiro atoms. The number of rotatable bonds is 10. The summed E-state index contributed by atoms with van der Waals surface area (Å²) >= 11 is 0. The molecule has 4 rings (SSSR count). The highest BCUT2D eigenvalue weighted by Crippen LogP contribution is 2.29. The highest BCUT2D eigenvalue weighted by Gasteiger charge is 2.17. The first-order chi connectivity index (χ1) is 16.8. The third-order valence-corrected chi connectivity index (χ3v) is 8.04. The van der Waals surface area contributed by atoms with Gasteiger partial charge in [-0.1, -0.05) is 31.8 Å². The van der Waals surface area contributed by atoms with E-state index in [1.165, 1.54) is 0 Å². The Morgan fingerprint density at radius 2 is 1.80 bits per heavy atom. The van der Waals surface area contributed by atoms with Crippen LogP contribution in [-0.2, 0) is 15.9 Å². The molecule has 7 heteroatoms. The van der Waals surface area contributed by atoms with Gasteiger partial charge < -0.3 is 19.3 Å². The minimum atomic E-state index is -1.25. The fourth-order valence-electron chi connectivity index (χ4n) is 4.23. The van der Waals surface area contributed by atoms with E-state index in [0.29, 0.717) is 13.2 Å². The Bertz CT molecular complexity index is 1150. The van der Waals surface area contributed by atoms with Crippen molar-refractivity contribution in [3.8, 4) is 17.0 Å². The lowest BCUT2D eigenvalue weighted by Crippen LogP contribution is -2.25. The maximum absolute atomic E-state index is 11.5. The van der Waals surface area contributed by atoms with Crippen LogP contribution < -0.4 is 4.74 Å². The van der Waals surface area contributed by atoms with Gasteiger partial charge in [-0.2, -0.15) is 0 Å². The first kappa shape index (κ1) is 25.4. The van der Waals surface area contributed by atoms with Crippen LogP contribution in [0.1, 0.15) is 28.9 Å². The molecule has 1 aliphatic heterocycles. The zero-order chi connectivity index (χ0) is 24.8. The molecular weight excluding hydrogens is 458 g/mol. The summed E-state index contributed by atoms with van der Waals surface area (Å²) in [7, 11) is -1.25. The Morgan fingerprint density at radius 1 is 1.06 bits per heavy atom. The van der Waals surface area contributed by atoms with Crippen molar-refractivity contribution >= 4 is 24.8 Å². The third kappa shape index (κ3) is 7.13.